The van der Waals surface area contributed by atoms with Crippen LogP contribution in [0.5, 0.6) is 11.5 Å². The summed E-state index contributed by atoms with van der Waals surface area (Å²) in [6.07, 6.45) is 5.53. The lowest BCUT2D eigenvalue weighted by Gasteiger charge is -2.36. The van der Waals surface area contributed by atoms with Crippen LogP contribution in [0.15, 0.2) is 66.9 Å². The largest absolute Gasteiger partial charge is 0.457 e. The molecule has 2 aliphatic rings. The molecular formula is C26H29N5O2. The Balaban J connectivity index is 1.24. The standard InChI is InChI=1S/C26H29N5O2/c32-25(22-11-5-6-12-23(22)33-21-9-3-1-4-10-21)30-19-17-29(18-20-30)24-13-14-27-26(28-24)31-15-7-2-8-16-31/h1,3-6,9-14H,2,7-8,15-20H2. The van der Waals surface area contributed by atoms with Gasteiger partial charge in [-0.25, -0.2) is 4.98 Å². The minimum absolute atomic E-state index is 0.00197. The zero-order valence-corrected chi connectivity index (χ0v) is 18.8. The first-order chi connectivity index (χ1) is 16.3. The number of benzene rings is 2. The normalized spacial score (nSPS) is 16.5. The Labute approximate surface area is 194 Å². The Hall–Kier alpha value is -3.61. The highest BCUT2D eigenvalue weighted by atomic mass is 16.5. The van der Waals surface area contributed by atoms with Crippen molar-refractivity contribution >= 4 is 17.7 Å². The van der Waals surface area contributed by atoms with Gasteiger partial charge in [0.25, 0.3) is 5.91 Å². The van der Waals surface area contributed by atoms with Crippen LogP contribution in [0, 0.1) is 0 Å². The minimum Gasteiger partial charge on any atom is -0.457 e. The lowest BCUT2D eigenvalue weighted by molar-refractivity contribution is 0.0744. The molecule has 33 heavy (non-hydrogen) atoms. The monoisotopic (exact) mass is 443 g/mol. The first-order valence-electron chi connectivity index (χ1n) is 11.7. The van der Waals surface area contributed by atoms with Crippen LogP contribution in [-0.4, -0.2) is 60.0 Å². The molecule has 0 saturated carbocycles. The fourth-order valence-electron chi connectivity index (χ4n) is 4.42. The summed E-state index contributed by atoms with van der Waals surface area (Å²) in [5.74, 6) is 3.05. The third kappa shape index (κ3) is 4.92. The van der Waals surface area contributed by atoms with E-state index in [1.54, 1.807) is 0 Å². The maximum absolute atomic E-state index is 13.3. The number of hydrogen-bond acceptors (Lipinski definition) is 6. The smallest absolute Gasteiger partial charge is 0.257 e. The summed E-state index contributed by atoms with van der Waals surface area (Å²) in [5, 5.41) is 0. The van der Waals surface area contributed by atoms with E-state index in [2.05, 4.69) is 14.8 Å². The van der Waals surface area contributed by atoms with E-state index in [0.29, 0.717) is 24.4 Å². The second-order valence-electron chi connectivity index (χ2n) is 8.45. The van der Waals surface area contributed by atoms with Crippen LogP contribution in [0.4, 0.5) is 11.8 Å². The number of piperazine rings is 1. The molecule has 0 spiro atoms. The summed E-state index contributed by atoms with van der Waals surface area (Å²) < 4.78 is 6.00. The summed E-state index contributed by atoms with van der Waals surface area (Å²) >= 11 is 0. The zero-order chi connectivity index (χ0) is 22.5. The Morgan fingerprint density at radius 1 is 0.758 bits per heavy atom. The summed E-state index contributed by atoms with van der Waals surface area (Å²) in [4.78, 5) is 29.0. The van der Waals surface area contributed by atoms with E-state index in [1.165, 1.54) is 19.3 Å². The van der Waals surface area contributed by atoms with E-state index in [9.17, 15) is 4.79 Å². The number of rotatable bonds is 5. The molecule has 2 saturated heterocycles. The molecule has 0 bridgehead atoms. The van der Waals surface area contributed by atoms with Crippen LogP contribution >= 0.6 is 0 Å². The highest BCUT2D eigenvalue weighted by molar-refractivity contribution is 5.97. The first-order valence-corrected chi connectivity index (χ1v) is 11.7. The number of para-hydroxylation sites is 2. The lowest BCUT2D eigenvalue weighted by Crippen LogP contribution is -2.49. The van der Waals surface area contributed by atoms with E-state index in [1.807, 2.05) is 71.8 Å². The summed E-state index contributed by atoms with van der Waals surface area (Å²) in [6.45, 7) is 4.81. The van der Waals surface area contributed by atoms with E-state index in [4.69, 9.17) is 9.72 Å². The van der Waals surface area contributed by atoms with Crippen molar-refractivity contribution in [2.75, 3.05) is 49.1 Å². The van der Waals surface area contributed by atoms with E-state index >= 15 is 0 Å². The van der Waals surface area contributed by atoms with E-state index in [0.717, 1.165) is 43.7 Å². The molecular weight excluding hydrogens is 414 g/mol. The van der Waals surface area contributed by atoms with Gasteiger partial charge in [0.2, 0.25) is 5.95 Å². The zero-order valence-electron chi connectivity index (χ0n) is 18.8. The molecule has 3 aromatic rings. The molecule has 2 aromatic carbocycles. The van der Waals surface area contributed by atoms with Crippen LogP contribution < -0.4 is 14.5 Å². The van der Waals surface area contributed by atoms with Gasteiger partial charge in [-0.3, -0.25) is 4.79 Å². The van der Waals surface area contributed by atoms with Gasteiger partial charge in [-0.2, -0.15) is 4.98 Å². The van der Waals surface area contributed by atoms with Gasteiger partial charge in [-0.1, -0.05) is 30.3 Å². The van der Waals surface area contributed by atoms with Crippen LogP contribution in [0.3, 0.4) is 0 Å². The molecule has 7 nitrogen and oxygen atoms in total. The van der Waals surface area contributed by atoms with Crippen LogP contribution in [-0.2, 0) is 0 Å². The molecule has 0 atom stereocenters. The number of aromatic nitrogens is 2. The van der Waals surface area contributed by atoms with Crippen molar-refractivity contribution in [3.8, 4) is 11.5 Å². The second kappa shape index (κ2) is 9.90. The number of piperidine rings is 1. The lowest BCUT2D eigenvalue weighted by atomic mass is 10.1. The van der Waals surface area contributed by atoms with Crippen LogP contribution in [0.1, 0.15) is 29.6 Å². The molecule has 7 heteroatoms. The highest BCUT2D eigenvalue weighted by Gasteiger charge is 2.25. The molecule has 5 rings (SSSR count). The molecule has 2 aliphatic heterocycles. The quantitative estimate of drug-likeness (QED) is 0.588. The fraction of sp³-hybridized carbons (Fsp3) is 0.346. The van der Waals surface area contributed by atoms with Gasteiger partial charge in [0, 0.05) is 45.5 Å². The molecule has 170 valence electrons. The number of carbonyl (C=O) groups is 1. The van der Waals surface area contributed by atoms with Crippen LogP contribution in [0.25, 0.3) is 0 Å². The van der Waals surface area contributed by atoms with Gasteiger partial charge in [-0.15, -0.1) is 0 Å². The molecule has 0 unspecified atom stereocenters. The van der Waals surface area contributed by atoms with Crippen molar-refractivity contribution in [3.63, 3.8) is 0 Å². The highest BCUT2D eigenvalue weighted by Crippen LogP contribution is 2.27. The van der Waals surface area contributed by atoms with Gasteiger partial charge in [0.05, 0.1) is 5.56 Å². The Morgan fingerprint density at radius 2 is 1.48 bits per heavy atom. The molecule has 0 N–H and O–H groups in total. The van der Waals surface area contributed by atoms with Crippen LogP contribution in [0.2, 0.25) is 0 Å². The average Bonchev–Trinajstić information content (AvgIpc) is 2.90. The van der Waals surface area contributed by atoms with Gasteiger partial charge in [0.1, 0.15) is 17.3 Å². The van der Waals surface area contributed by atoms with Crippen molar-refractivity contribution in [1.82, 2.24) is 14.9 Å². The number of hydrogen-bond donors (Lipinski definition) is 0. The molecule has 1 amide bonds. The van der Waals surface area contributed by atoms with E-state index < -0.39 is 0 Å². The Bertz CT molecular complexity index is 1080. The number of ether oxygens (including phenoxy) is 1. The Morgan fingerprint density at radius 3 is 2.27 bits per heavy atom. The second-order valence-corrected chi connectivity index (χ2v) is 8.45. The van der Waals surface area contributed by atoms with E-state index in [-0.39, 0.29) is 5.91 Å². The SMILES string of the molecule is O=C(c1ccccc1Oc1ccccc1)N1CCN(c2ccnc(N3CCCCC3)n2)CC1. The molecule has 0 aliphatic carbocycles. The van der Waals surface area contributed by atoms with Crippen molar-refractivity contribution in [3.05, 3.63) is 72.4 Å². The van der Waals surface area contributed by atoms with Crippen molar-refractivity contribution in [1.29, 1.82) is 0 Å². The molecule has 0 radical (unpaired) electrons. The molecule has 2 fully saturated rings. The number of anilines is 2. The summed E-state index contributed by atoms with van der Waals surface area (Å²) in [5.41, 5.74) is 0.587. The minimum atomic E-state index is -0.00197. The van der Waals surface area contributed by atoms with Gasteiger partial charge in [0.15, 0.2) is 0 Å². The third-order valence-electron chi connectivity index (χ3n) is 6.25. The van der Waals surface area contributed by atoms with Gasteiger partial charge < -0.3 is 19.4 Å². The number of carbonyl (C=O) groups excluding carboxylic acids is 1. The molecule has 3 heterocycles. The maximum atomic E-state index is 13.3. The van der Waals surface area contributed by atoms with Gasteiger partial charge in [-0.05, 0) is 49.6 Å². The van der Waals surface area contributed by atoms with Crippen molar-refractivity contribution in [2.45, 2.75) is 19.3 Å². The van der Waals surface area contributed by atoms with Gasteiger partial charge >= 0.3 is 0 Å². The maximum Gasteiger partial charge on any atom is 0.257 e. The average molecular weight is 444 g/mol. The molecule has 1 aromatic heterocycles. The fourth-order valence-corrected chi connectivity index (χ4v) is 4.42. The van der Waals surface area contributed by atoms with Crippen molar-refractivity contribution in [2.24, 2.45) is 0 Å². The predicted molar refractivity (Wildman–Crippen MR) is 129 cm³/mol. The Kier molecular flexibility index (Phi) is 6.37. The topological polar surface area (TPSA) is 61.8 Å². The third-order valence-corrected chi connectivity index (χ3v) is 6.25. The summed E-state index contributed by atoms with van der Waals surface area (Å²) in [7, 11) is 0. The predicted octanol–water partition coefficient (Wildman–Crippen LogP) is 4.22. The summed E-state index contributed by atoms with van der Waals surface area (Å²) in [6, 6.07) is 19.0. The number of nitrogens with zero attached hydrogens (tertiary/aromatic N) is 5. The first kappa shape index (κ1) is 21.2. The van der Waals surface area contributed by atoms with Crippen molar-refractivity contribution < 1.29 is 9.53 Å². The number of amides is 1.